The summed E-state index contributed by atoms with van der Waals surface area (Å²) in [5.74, 6) is 0.936. The van der Waals surface area contributed by atoms with Crippen LogP contribution in [0.3, 0.4) is 0 Å². The van der Waals surface area contributed by atoms with E-state index in [1.54, 1.807) is 7.11 Å². The van der Waals surface area contributed by atoms with Crippen LogP contribution in [-0.2, 0) is 0 Å². The molecule has 2 rings (SSSR count). The second kappa shape index (κ2) is 4.74. The Morgan fingerprint density at radius 2 is 2.19 bits per heavy atom. The van der Waals surface area contributed by atoms with Gasteiger partial charge >= 0.3 is 0 Å². The molecule has 88 valence electrons. The van der Waals surface area contributed by atoms with E-state index < -0.39 is 0 Å². The highest BCUT2D eigenvalue weighted by Gasteiger charge is 2.24. The zero-order valence-electron chi connectivity index (χ0n) is 10.3. The first-order valence-electron chi connectivity index (χ1n) is 5.76. The molecule has 3 heteroatoms. The first-order valence-corrected chi connectivity index (χ1v) is 5.76. The fourth-order valence-electron chi connectivity index (χ4n) is 2.21. The van der Waals surface area contributed by atoms with Crippen LogP contribution in [0.2, 0.25) is 0 Å². The Morgan fingerprint density at radius 3 is 2.81 bits per heavy atom. The number of ether oxygens (including phenoxy) is 1. The lowest BCUT2D eigenvalue weighted by molar-refractivity contribution is 0.315. The highest BCUT2D eigenvalue weighted by molar-refractivity contribution is 5.51. The minimum Gasteiger partial charge on any atom is -0.497 e. The van der Waals surface area contributed by atoms with Crippen LogP contribution in [0.25, 0.3) is 0 Å². The normalized spacial score (nSPS) is 20.5. The fourth-order valence-corrected chi connectivity index (χ4v) is 2.21. The van der Waals surface area contributed by atoms with E-state index in [2.05, 4.69) is 42.1 Å². The molecular formula is C13H20N2O. The van der Waals surface area contributed by atoms with Crippen LogP contribution in [0.5, 0.6) is 5.75 Å². The minimum atomic E-state index is 0.672. The third-order valence-corrected chi connectivity index (χ3v) is 3.31. The van der Waals surface area contributed by atoms with Gasteiger partial charge in [-0.2, -0.15) is 0 Å². The standard InChI is InChI=1S/C13H20N2O/c1-14(2)12-7-8-15(10-12)11-5-4-6-13(9-11)16-3/h4-6,9,12H,7-8,10H2,1-3H3/t12-/m1/s1. The number of hydrogen-bond acceptors (Lipinski definition) is 3. The van der Waals surface area contributed by atoms with Crippen molar-refractivity contribution in [3.63, 3.8) is 0 Å². The Kier molecular flexibility index (Phi) is 3.34. The lowest BCUT2D eigenvalue weighted by atomic mass is 10.2. The van der Waals surface area contributed by atoms with Gasteiger partial charge in [0.1, 0.15) is 5.75 Å². The zero-order chi connectivity index (χ0) is 11.5. The third kappa shape index (κ3) is 2.30. The fraction of sp³-hybridized carbons (Fsp3) is 0.538. The van der Waals surface area contributed by atoms with Gasteiger partial charge in [0.2, 0.25) is 0 Å². The predicted molar refractivity (Wildman–Crippen MR) is 67.3 cm³/mol. The Bertz CT molecular complexity index is 352. The smallest absolute Gasteiger partial charge is 0.120 e. The van der Waals surface area contributed by atoms with E-state index in [1.165, 1.54) is 12.1 Å². The Hall–Kier alpha value is -1.22. The molecule has 0 amide bonds. The number of likely N-dealkylation sites (N-methyl/N-ethyl adjacent to an activating group) is 1. The highest BCUT2D eigenvalue weighted by Crippen LogP contribution is 2.25. The SMILES string of the molecule is COc1cccc(N2CC[C@@H](N(C)C)C2)c1. The number of benzene rings is 1. The lowest BCUT2D eigenvalue weighted by Crippen LogP contribution is -2.31. The van der Waals surface area contributed by atoms with Crippen LogP contribution in [0.4, 0.5) is 5.69 Å². The summed E-state index contributed by atoms with van der Waals surface area (Å²) in [4.78, 5) is 4.73. The van der Waals surface area contributed by atoms with Crippen LogP contribution in [-0.4, -0.2) is 45.2 Å². The zero-order valence-corrected chi connectivity index (χ0v) is 10.3. The molecule has 1 aromatic carbocycles. The van der Waals surface area contributed by atoms with Crippen molar-refractivity contribution in [1.82, 2.24) is 4.90 Å². The number of methoxy groups -OCH3 is 1. The number of anilines is 1. The summed E-state index contributed by atoms with van der Waals surface area (Å²) in [6.45, 7) is 2.25. The van der Waals surface area contributed by atoms with Crippen molar-refractivity contribution in [2.45, 2.75) is 12.5 Å². The van der Waals surface area contributed by atoms with Gasteiger partial charge in [0.25, 0.3) is 0 Å². The molecule has 0 aromatic heterocycles. The molecule has 1 saturated heterocycles. The molecule has 0 aliphatic carbocycles. The molecule has 0 saturated carbocycles. The van der Waals surface area contributed by atoms with Gasteiger partial charge in [0, 0.05) is 30.9 Å². The second-order valence-corrected chi connectivity index (χ2v) is 4.55. The van der Waals surface area contributed by atoms with Crippen LogP contribution in [0.15, 0.2) is 24.3 Å². The Morgan fingerprint density at radius 1 is 1.38 bits per heavy atom. The average Bonchev–Trinajstić information content (AvgIpc) is 2.78. The Labute approximate surface area is 97.6 Å². The summed E-state index contributed by atoms with van der Waals surface area (Å²) < 4.78 is 5.25. The van der Waals surface area contributed by atoms with Crippen molar-refractivity contribution >= 4 is 5.69 Å². The van der Waals surface area contributed by atoms with Gasteiger partial charge in [-0.25, -0.2) is 0 Å². The van der Waals surface area contributed by atoms with E-state index in [1.807, 2.05) is 6.07 Å². The third-order valence-electron chi connectivity index (χ3n) is 3.31. The molecule has 0 unspecified atom stereocenters. The van der Waals surface area contributed by atoms with Crippen molar-refractivity contribution in [3.8, 4) is 5.75 Å². The largest absolute Gasteiger partial charge is 0.497 e. The summed E-state index contributed by atoms with van der Waals surface area (Å²) >= 11 is 0. The highest BCUT2D eigenvalue weighted by atomic mass is 16.5. The van der Waals surface area contributed by atoms with Gasteiger partial charge in [0.15, 0.2) is 0 Å². The topological polar surface area (TPSA) is 15.7 Å². The van der Waals surface area contributed by atoms with E-state index >= 15 is 0 Å². The maximum absolute atomic E-state index is 5.25. The van der Waals surface area contributed by atoms with Crippen molar-refractivity contribution in [2.75, 3.05) is 39.2 Å². The molecule has 0 N–H and O–H groups in total. The van der Waals surface area contributed by atoms with E-state index in [4.69, 9.17) is 4.74 Å². The molecule has 16 heavy (non-hydrogen) atoms. The molecule has 1 aromatic rings. The summed E-state index contributed by atoms with van der Waals surface area (Å²) in [6.07, 6.45) is 1.24. The van der Waals surface area contributed by atoms with Crippen LogP contribution in [0.1, 0.15) is 6.42 Å². The van der Waals surface area contributed by atoms with Gasteiger partial charge in [-0.1, -0.05) is 6.07 Å². The molecule has 1 aliphatic rings. The summed E-state index contributed by atoms with van der Waals surface area (Å²) in [7, 11) is 6.02. The molecule has 0 spiro atoms. The van der Waals surface area contributed by atoms with Crippen molar-refractivity contribution in [1.29, 1.82) is 0 Å². The number of nitrogens with zero attached hydrogens (tertiary/aromatic N) is 2. The number of rotatable bonds is 3. The molecule has 0 radical (unpaired) electrons. The molecule has 1 fully saturated rings. The van der Waals surface area contributed by atoms with Gasteiger partial charge in [0.05, 0.1) is 7.11 Å². The summed E-state index contributed by atoms with van der Waals surface area (Å²) in [5.41, 5.74) is 1.27. The monoisotopic (exact) mass is 220 g/mol. The van der Waals surface area contributed by atoms with E-state index in [9.17, 15) is 0 Å². The molecule has 0 bridgehead atoms. The second-order valence-electron chi connectivity index (χ2n) is 4.55. The molecule has 1 atom stereocenters. The van der Waals surface area contributed by atoms with Crippen LogP contribution >= 0.6 is 0 Å². The lowest BCUT2D eigenvalue weighted by Gasteiger charge is -2.22. The number of hydrogen-bond donors (Lipinski definition) is 0. The average molecular weight is 220 g/mol. The van der Waals surface area contributed by atoms with Crippen molar-refractivity contribution < 1.29 is 4.74 Å². The maximum Gasteiger partial charge on any atom is 0.120 e. The Balaban J connectivity index is 2.08. The summed E-state index contributed by atoms with van der Waals surface area (Å²) in [5, 5.41) is 0. The van der Waals surface area contributed by atoms with Gasteiger partial charge < -0.3 is 14.5 Å². The van der Waals surface area contributed by atoms with E-state index in [0.717, 1.165) is 18.8 Å². The van der Waals surface area contributed by atoms with Crippen molar-refractivity contribution in [3.05, 3.63) is 24.3 Å². The molecule has 1 aliphatic heterocycles. The first-order chi connectivity index (χ1) is 7.70. The molecule has 1 heterocycles. The summed E-state index contributed by atoms with van der Waals surface area (Å²) in [6, 6.07) is 8.98. The molecule has 3 nitrogen and oxygen atoms in total. The van der Waals surface area contributed by atoms with E-state index in [-0.39, 0.29) is 0 Å². The van der Waals surface area contributed by atoms with Crippen LogP contribution < -0.4 is 9.64 Å². The first kappa shape index (κ1) is 11.3. The molecular weight excluding hydrogens is 200 g/mol. The van der Waals surface area contributed by atoms with E-state index in [0.29, 0.717) is 6.04 Å². The van der Waals surface area contributed by atoms with Gasteiger partial charge in [-0.3, -0.25) is 0 Å². The van der Waals surface area contributed by atoms with Crippen molar-refractivity contribution in [2.24, 2.45) is 0 Å². The van der Waals surface area contributed by atoms with Crippen LogP contribution in [0, 0.1) is 0 Å². The maximum atomic E-state index is 5.25. The minimum absolute atomic E-state index is 0.672. The van der Waals surface area contributed by atoms with Gasteiger partial charge in [-0.05, 0) is 32.6 Å². The van der Waals surface area contributed by atoms with Gasteiger partial charge in [-0.15, -0.1) is 0 Å². The predicted octanol–water partition coefficient (Wildman–Crippen LogP) is 1.84. The quantitative estimate of drug-likeness (QED) is 0.773.